The van der Waals surface area contributed by atoms with E-state index in [0.29, 0.717) is 6.42 Å². The molecular formula is C14H22N2O3S2. The second-order valence-electron chi connectivity index (χ2n) is 4.24. The van der Waals surface area contributed by atoms with Gasteiger partial charge in [0.2, 0.25) is 5.91 Å². The number of nitrogens with zero attached hydrogens (tertiary/aromatic N) is 1. The van der Waals surface area contributed by atoms with Gasteiger partial charge in [0.05, 0.1) is 5.25 Å². The highest BCUT2D eigenvalue weighted by Crippen LogP contribution is 2.32. The number of carbonyl (C=O) groups excluding carboxylic acids is 1. The van der Waals surface area contributed by atoms with Gasteiger partial charge >= 0.3 is 5.97 Å². The number of amides is 1. The summed E-state index contributed by atoms with van der Waals surface area (Å²) in [5, 5.41) is 8.84. The lowest BCUT2D eigenvalue weighted by molar-refractivity contribution is -0.137. The van der Waals surface area contributed by atoms with Gasteiger partial charge in [0.25, 0.3) is 0 Å². The van der Waals surface area contributed by atoms with E-state index in [1.165, 1.54) is 21.6 Å². The fourth-order valence-corrected chi connectivity index (χ4v) is 2.98. The van der Waals surface area contributed by atoms with E-state index < -0.39 is 5.97 Å². The minimum atomic E-state index is -0.682. The third-order valence-electron chi connectivity index (χ3n) is 2.31. The highest BCUT2D eigenvalue weighted by molar-refractivity contribution is 8.77. The van der Waals surface area contributed by atoms with Crippen LogP contribution >= 0.6 is 21.6 Å². The molecular weight excluding hydrogens is 308 g/mol. The van der Waals surface area contributed by atoms with Crippen molar-refractivity contribution in [2.45, 2.75) is 49.8 Å². The van der Waals surface area contributed by atoms with Gasteiger partial charge in [-0.1, -0.05) is 36.6 Å². The number of rotatable bonds is 8. The van der Waals surface area contributed by atoms with E-state index in [0.717, 1.165) is 24.3 Å². The van der Waals surface area contributed by atoms with Crippen LogP contribution in [0.5, 0.6) is 0 Å². The maximum atomic E-state index is 10.7. The number of hydrogen-bond acceptors (Lipinski definition) is 5. The fourth-order valence-electron chi connectivity index (χ4n) is 1.09. The predicted octanol–water partition coefficient (Wildman–Crippen LogP) is 3.35. The lowest BCUT2D eigenvalue weighted by Gasteiger charge is -2.04. The molecule has 1 atom stereocenters. The minimum Gasteiger partial charge on any atom is -0.481 e. The molecule has 0 radical (unpaired) electrons. The number of pyridine rings is 1. The molecule has 21 heavy (non-hydrogen) atoms. The third kappa shape index (κ3) is 12.3. The number of carboxylic acids is 1. The molecule has 0 aliphatic heterocycles. The molecule has 3 N–H and O–H groups in total. The Labute approximate surface area is 133 Å². The second kappa shape index (κ2) is 12.5. The van der Waals surface area contributed by atoms with Crippen molar-refractivity contribution < 1.29 is 14.7 Å². The second-order valence-corrected chi connectivity index (χ2v) is 6.80. The van der Waals surface area contributed by atoms with Gasteiger partial charge < -0.3 is 10.8 Å². The Kier molecular flexibility index (Phi) is 11.8. The molecule has 0 fully saturated rings. The van der Waals surface area contributed by atoms with Crippen LogP contribution in [0.3, 0.4) is 0 Å². The summed E-state index contributed by atoms with van der Waals surface area (Å²) >= 11 is 0. The smallest absolute Gasteiger partial charge is 0.303 e. The van der Waals surface area contributed by atoms with E-state index in [4.69, 9.17) is 10.8 Å². The molecule has 1 aromatic heterocycles. The largest absolute Gasteiger partial charge is 0.481 e. The number of hydrogen-bond donors (Lipinski definition) is 2. The number of nitrogens with two attached hydrogens (primary N) is 1. The fraction of sp³-hybridized carbons (Fsp3) is 0.500. The van der Waals surface area contributed by atoms with Crippen molar-refractivity contribution in [2.75, 3.05) is 0 Å². The molecule has 0 aliphatic carbocycles. The summed E-state index contributed by atoms with van der Waals surface area (Å²) in [6.45, 7) is 3.84. The van der Waals surface area contributed by atoms with Gasteiger partial charge in [-0.2, -0.15) is 0 Å². The van der Waals surface area contributed by atoms with E-state index in [1.807, 2.05) is 18.2 Å². The first-order chi connectivity index (χ1) is 9.97. The molecule has 0 saturated heterocycles. The van der Waals surface area contributed by atoms with Crippen molar-refractivity contribution in [1.29, 1.82) is 0 Å². The van der Waals surface area contributed by atoms with Crippen LogP contribution in [0.25, 0.3) is 0 Å². The summed E-state index contributed by atoms with van der Waals surface area (Å²) in [7, 11) is 2.88. The van der Waals surface area contributed by atoms with Crippen molar-refractivity contribution >= 4 is 33.5 Å². The van der Waals surface area contributed by atoms with Gasteiger partial charge in [0.1, 0.15) is 5.03 Å². The average Bonchev–Trinajstić information content (AvgIpc) is 2.46. The van der Waals surface area contributed by atoms with Crippen molar-refractivity contribution in [1.82, 2.24) is 4.98 Å². The Morgan fingerprint density at radius 2 is 2.10 bits per heavy atom. The van der Waals surface area contributed by atoms with Crippen LogP contribution in [0.2, 0.25) is 0 Å². The summed E-state index contributed by atoms with van der Waals surface area (Å²) in [5.41, 5.74) is 5.11. The number of primary amides is 1. The normalized spacial score (nSPS) is 11.1. The topological polar surface area (TPSA) is 93.3 Å². The lowest BCUT2D eigenvalue weighted by Crippen LogP contribution is -2.21. The van der Waals surface area contributed by atoms with Crippen LogP contribution in [0.15, 0.2) is 29.4 Å². The highest BCUT2D eigenvalue weighted by atomic mass is 33.1. The van der Waals surface area contributed by atoms with E-state index >= 15 is 0 Å². The van der Waals surface area contributed by atoms with Gasteiger partial charge in [-0.15, -0.1) is 0 Å². The molecule has 0 aromatic carbocycles. The summed E-state index contributed by atoms with van der Waals surface area (Å²) in [6, 6.07) is 5.66. The third-order valence-corrected chi connectivity index (χ3v) is 5.01. The van der Waals surface area contributed by atoms with Crippen LogP contribution in [0.1, 0.15) is 39.5 Å². The maximum absolute atomic E-state index is 10.7. The zero-order chi connectivity index (χ0) is 16.1. The standard InChI is InChI=1S/C8H10N2OS2.C6H12O2/c1-6(8(9)11)12-13-7-4-2-3-5-10-7;1-2-3-4-5-6(7)8/h2-6H,1H3,(H2,9,11);2-5H2,1H3,(H,7,8). The quantitative estimate of drug-likeness (QED) is 0.561. The van der Waals surface area contributed by atoms with Crippen LogP contribution < -0.4 is 5.73 Å². The predicted molar refractivity (Wildman–Crippen MR) is 88.1 cm³/mol. The Morgan fingerprint density at radius 3 is 2.57 bits per heavy atom. The van der Waals surface area contributed by atoms with E-state index in [-0.39, 0.29) is 11.2 Å². The molecule has 0 saturated carbocycles. The molecule has 0 spiro atoms. The molecule has 118 valence electrons. The van der Waals surface area contributed by atoms with Crippen LogP contribution in [0.4, 0.5) is 0 Å². The molecule has 1 rings (SSSR count). The lowest BCUT2D eigenvalue weighted by atomic mass is 10.2. The first kappa shape index (κ1) is 19.8. The van der Waals surface area contributed by atoms with E-state index in [9.17, 15) is 9.59 Å². The SMILES string of the molecule is CC(SSc1ccccn1)C(N)=O.CCCCCC(=O)O. The molecule has 7 heteroatoms. The van der Waals surface area contributed by atoms with Crippen LogP contribution in [0, 0.1) is 0 Å². The zero-order valence-corrected chi connectivity index (χ0v) is 14.0. The van der Waals surface area contributed by atoms with Crippen molar-refractivity contribution in [3.63, 3.8) is 0 Å². The first-order valence-electron chi connectivity index (χ1n) is 6.72. The Bertz CT molecular complexity index is 416. The van der Waals surface area contributed by atoms with Crippen molar-refractivity contribution in [3.8, 4) is 0 Å². The summed E-state index contributed by atoms with van der Waals surface area (Å²) in [5.74, 6) is -0.980. The summed E-state index contributed by atoms with van der Waals surface area (Å²) in [6.07, 6.45) is 5.00. The highest BCUT2D eigenvalue weighted by Gasteiger charge is 2.09. The zero-order valence-electron chi connectivity index (χ0n) is 12.3. The first-order valence-corrected chi connectivity index (χ1v) is 8.94. The number of carboxylic acid groups (broad SMARTS) is 1. The van der Waals surface area contributed by atoms with Crippen molar-refractivity contribution in [3.05, 3.63) is 24.4 Å². The Hall–Kier alpha value is -1.21. The van der Waals surface area contributed by atoms with Crippen molar-refractivity contribution in [2.24, 2.45) is 5.73 Å². The molecule has 0 aliphatic rings. The Balaban J connectivity index is 0.000000433. The average molecular weight is 330 g/mol. The molecule has 0 bridgehead atoms. The van der Waals surface area contributed by atoms with Gasteiger partial charge in [-0.3, -0.25) is 9.59 Å². The maximum Gasteiger partial charge on any atom is 0.303 e. The number of unbranched alkanes of at least 4 members (excludes halogenated alkanes) is 2. The van der Waals surface area contributed by atoms with Crippen LogP contribution in [-0.2, 0) is 9.59 Å². The number of carbonyl (C=O) groups is 2. The summed E-state index contributed by atoms with van der Waals surface area (Å²) < 4.78 is 0. The molecule has 1 aromatic rings. The monoisotopic (exact) mass is 330 g/mol. The van der Waals surface area contributed by atoms with Gasteiger partial charge in [0.15, 0.2) is 0 Å². The summed E-state index contributed by atoms with van der Waals surface area (Å²) in [4.78, 5) is 24.7. The van der Waals surface area contributed by atoms with Gasteiger partial charge in [-0.05, 0) is 36.3 Å². The molecule has 5 nitrogen and oxygen atoms in total. The van der Waals surface area contributed by atoms with E-state index in [2.05, 4.69) is 11.9 Å². The van der Waals surface area contributed by atoms with E-state index in [1.54, 1.807) is 13.1 Å². The number of aromatic nitrogens is 1. The number of aliphatic carboxylic acids is 1. The molecule has 1 amide bonds. The minimum absolute atomic E-state index is 0.188. The molecule has 1 unspecified atom stereocenters. The Morgan fingerprint density at radius 1 is 1.38 bits per heavy atom. The van der Waals surface area contributed by atoms with Gasteiger partial charge in [-0.25, -0.2) is 4.98 Å². The van der Waals surface area contributed by atoms with Crippen LogP contribution in [-0.4, -0.2) is 27.2 Å². The molecule has 1 heterocycles. The van der Waals surface area contributed by atoms with Gasteiger partial charge in [0, 0.05) is 12.6 Å².